The van der Waals surface area contributed by atoms with Crippen molar-refractivity contribution in [1.82, 2.24) is 0 Å². The Morgan fingerprint density at radius 2 is 1.91 bits per heavy atom. The van der Waals surface area contributed by atoms with Gasteiger partial charge in [-0.2, -0.15) is 0 Å². The van der Waals surface area contributed by atoms with E-state index in [1.165, 1.54) is 5.56 Å². The highest BCUT2D eigenvalue weighted by Crippen LogP contribution is 2.40. The third kappa shape index (κ3) is 2.65. The molecule has 0 saturated carbocycles. The van der Waals surface area contributed by atoms with Crippen LogP contribution in [0.15, 0.2) is 30.3 Å². The van der Waals surface area contributed by atoms with E-state index < -0.39 is 0 Å². The monoisotopic (exact) mass is 309 g/mol. The van der Waals surface area contributed by atoms with Gasteiger partial charge < -0.3 is 14.8 Å². The van der Waals surface area contributed by atoms with E-state index in [-0.39, 0.29) is 5.91 Å². The van der Waals surface area contributed by atoms with Crippen LogP contribution in [0.25, 0.3) is 0 Å². The average molecular weight is 309 g/mol. The van der Waals surface area contributed by atoms with Gasteiger partial charge in [0.05, 0.1) is 19.6 Å². The number of ether oxygens (including phenoxy) is 2. The van der Waals surface area contributed by atoms with E-state index in [9.17, 15) is 4.79 Å². The molecule has 1 amide bonds. The minimum Gasteiger partial charge on any atom is -0.493 e. The van der Waals surface area contributed by atoms with Gasteiger partial charge in [-0.15, -0.1) is 0 Å². The van der Waals surface area contributed by atoms with Gasteiger partial charge in [0.25, 0.3) is 0 Å². The summed E-state index contributed by atoms with van der Waals surface area (Å²) in [5, 5.41) is 2.96. The Labute approximate surface area is 135 Å². The van der Waals surface area contributed by atoms with Crippen molar-refractivity contribution in [1.29, 1.82) is 0 Å². The van der Waals surface area contributed by atoms with E-state index in [1.54, 1.807) is 0 Å². The summed E-state index contributed by atoms with van der Waals surface area (Å²) in [6.07, 6.45) is 2.06. The minimum absolute atomic E-state index is 0.0214. The number of amides is 1. The third-order valence-electron chi connectivity index (χ3n) is 4.43. The molecule has 2 aliphatic rings. The molecule has 2 aromatic rings. The molecule has 4 heteroatoms. The van der Waals surface area contributed by atoms with Gasteiger partial charge >= 0.3 is 0 Å². The van der Waals surface area contributed by atoms with E-state index in [1.807, 2.05) is 31.2 Å². The molecule has 2 heterocycles. The summed E-state index contributed by atoms with van der Waals surface area (Å²) in [4.78, 5) is 12.5. The second-order valence-electron chi connectivity index (χ2n) is 6.11. The highest BCUT2D eigenvalue weighted by atomic mass is 16.5. The lowest BCUT2D eigenvalue weighted by Gasteiger charge is -2.13. The maximum absolute atomic E-state index is 12.5. The van der Waals surface area contributed by atoms with Crippen molar-refractivity contribution in [2.75, 3.05) is 18.5 Å². The Kier molecular flexibility index (Phi) is 3.45. The summed E-state index contributed by atoms with van der Waals surface area (Å²) >= 11 is 0. The molecule has 0 bridgehead atoms. The molecule has 1 N–H and O–H groups in total. The van der Waals surface area contributed by atoms with Crippen LogP contribution < -0.4 is 14.8 Å². The summed E-state index contributed by atoms with van der Waals surface area (Å²) in [5.74, 6) is 1.80. The zero-order valence-electron chi connectivity index (χ0n) is 13.1. The molecule has 0 spiro atoms. The van der Waals surface area contributed by atoms with Gasteiger partial charge in [0.2, 0.25) is 5.91 Å². The molecule has 0 saturated heterocycles. The molecule has 2 aliphatic heterocycles. The molecule has 0 aliphatic carbocycles. The number of hydrogen-bond acceptors (Lipinski definition) is 3. The SMILES string of the molecule is Cc1ccc(NC(=O)Cc2c3c(cc4c2OCC4)OCC3)cc1. The highest BCUT2D eigenvalue weighted by molar-refractivity contribution is 5.93. The fourth-order valence-corrected chi connectivity index (χ4v) is 3.27. The Morgan fingerprint density at radius 3 is 2.74 bits per heavy atom. The average Bonchev–Trinajstić information content (AvgIpc) is 3.18. The Bertz CT molecular complexity index is 733. The van der Waals surface area contributed by atoms with Gasteiger partial charge in [-0.05, 0) is 25.1 Å². The number of carbonyl (C=O) groups is 1. The van der Waals surface area contributed by atoms with Crippen LogP contribution in [-0.4, -0.2) is 19.1 Å². The maximum Gasteiger partial charge on any atom is 0.228 e. The van der Waals surface area contributed by atoms with E-state index in [2.05, 4.69) is 11.4 Å². The smallest absolute Gasteiger partial charge is 0.228 e. The summed E-state index contributed by atoms with van der Waals surface area (Å²) in [6.45, 7) is 3.40. The Balaban J connectivity index is 1.59. The third-order valence-corrected chi connectivity index (χ3v) is 4.43. The summed E-state index contributed by atoms with van der Waals surface area (Å²) in [6, 6.07) is 9.90. The quantitative estimate of drug-likeness (QED) is 0.948. The van der Waals surface area contributed by atoms with Crippen LogP contribution in [-0.2, 0) is 24.1 Å². The number of benzene rings is 2. The van der Waals surface area contributed by atoms with Crippen LogP contribution in [0.2, 0.25) is 0 Å². The minimum atomic E-state index is -0.0214. The molecule has 0 unspecified atom stereocenters. The first-order valence-electron chi connectivity index (χ1n) is 8.00. The molecule has 0 atom stereocenters. The van der Waals surface area contributed by atoms with Crippen LogP contribution >= 0.6 is 0 Å². The first-order valence-corrected chi connectivity index (χ1v) is 8.00. The molecule has 2 aromatic carbocycles. The van der Waals surface area contributed by atoms with Gasteiger partial charge in [0, 0.05) is 35.2 Å². The lowest BCUT2D eigenvalue weighted by atomic mass is 9.97. The number of fused-ring (bicyclic) bond motifs is 2. The Morgan fingerprint density at radius 1 is 1.13 bits per heavy atom. The van der Waals surface area contributed by atoms with Crippen molar-refractivity contribution in [3.63, 3.8) is 0 Å². The lowest BCUT2D eigenvalue weighted by molar-refractivity contribution is -0.115. The summed E-state index contributed by atoms with van der Waals surface area (Å²) in [7, 11) is 0. The lowest BCUT2D eigenvalue weighted by Crippen LogP contribution is -2.16. The molecule has 0 radical (unpaired) electrons. The van der Waals surface area contributed by atoms with E-state index >= 15 is 0 Å². The zero-order chi connectivity index (χ0) is 15.8. The van der Waals surface area contributed by atoms with Crippen LogP contribution in [0.3, 0.4) is 0 Å². The number of nitrogens with one attached hydrogen (secondary N) is 1. The molecule has 0 fully saturated rings. The second-order valence-corrected chi connectivity index (χ2v) is 6.11. The van der Waals surface area contributed by atoms with Crippen molar-refractivity contribution in [3.8, 4) is 11.5 Å². The molecular weight excluding hydrogens is 290 g/mol. The van der Waals surface area contributed by atoms with Crippen LogP contribution in [0.5, 0.6) is 11.5 Å². The van der Waals surface area contributed by atoms with Crippen molar-refractivity contribution in [3.05, 3.63) is 52.6 Å². The predicted octanol–water partition coefficient (Wildman–Crippen LogP) is 3.05. The molecule has 118 valence electrons. The number of anilines is 1. The molecule has 4 nitrogen and oxygen atoms in total. The Hall–Kier alpha value is -2.49. The highest BCUT2D eigenvalue weighted by Gasteiger charge is 2.27. The molecule has 23 heavy (non-hydrogen) atoms. The fraction of sp³-hybridized carbons (Fsp3) is 0.316. The van der Waals surface area contributed by atoms with Gasteiger partial charge in [-0.25, -0.2) is 0 Å². The number of aryl methyl sites for hydroxylation is 1. The first kappa shape index (κ1) is 14.1. The fourth-order valence-electron chi connectivity index (χ4n) is 3.27. The zero-order valence-corrected chi connectivity index (χ0v) is 13.1. The predicted molar refractivity (Wildman–Crippen MR) is 88.4 cm³/mol. The molecule has 0 aromatic heterocycles. The van der Waals surface area contributed by atoms with Crippen molar-refractivity contribution < 1.29 is 14.3 Å². The number of carbonyl (C=O) groups excluding carboxylic acids is 1. The van der Waals surface area contributed by atoms with Crippen molar-refractivity contribution in [2.45, 2.75) is 26.2 Å². The largest absolute Gasteiger partial charge is 0.493 e. The standard InChI is InChI=1S/C19H19NO3/c1-12-2-4-14(5-3-12)20-18(21)11-16-15-7-9-22-17(15)10-13-6-8-23-19(13)16/h2-5,10H,6-9,11H2,1H3,(H,20,21). The van der Waals surface area contributed by atoms with Gasteiger partial charge in [-0.3, -0.25) is 4.79 Å². The van der Waals surface area contributed by atoms with Crippen LogP contribution in [0, 0.1) is 6.92 Å². The summed E-state index contributed by atoms with van der Waals surface area (Å²) in [5.41, 5.74) is 5.28. The first-order chi connectivity index (χ1) is 11.2. The van der Waals surface area contributed by atoms with Crippen molar-refractivity contribution in [2.24, 2.45) is 0 Å². The topological polar surface area (TPSA) is 47.6 Å². The van der Waals surface area contributed by atoms with Crippen LogP contribution in [0.1, 0.15) is 22.3 Å². The van der Waals surface area contributed by atoms with Gasteiger partial charge in [-0.1, -0.05) is 17.7 Å². The number of hydrogen-bond donors (Lipinski definition) is 1. The second kappa shape index (κ2) is 5.61. The van der Waals surface area contributed by atoms with Crippen LogP contribution in [0.4, 0.5) is 5.69 Å². The van der Waals surface area contributed by atoms with Gasteiger partial charge in [0.1, 0.15) is 11.5 Å². The van der Waals surface area contributed by atoms with E-state index in [0.29, 0.717) is 19.6 Å². The van der Waals surface area contributed by atoms with E-state index in [0.717, 1.165) is 46.7 Å². The molecular formula is C19H19NO3. The maximum atomic E-state index is 12.5. The van der Waals surface area contributed by atoms with Crippen molar-refractivity contribution >= 4 is 11.6 Å². The molecule has 4 rings (SSSR count). The normalized spacial score (nSPS) is 14.7. The summed E-state index contributed by atoms with van der Waals surface area (Å²) < 4.78 is 11.5. The number of rotatable bonds is 3. The van der Waals surface area contributed by atoms with Gasteiger partial charge in [0.15, 0.2) is 0 Å². The van der Waals surface area contributed by atoms with E-state index in [4.69, 9.17) is 9.47 Å².